The van der Waals surface area contributed by atoms with Crippen molar-refractivity contribution in [2.24, 2.45) is 9.98 Å². The molecule has 0 aromatic rings. The van der Waals surface area contributed by atoms with Gasteiger partial charge >= 0.3 is 0 Å². The van der Waals surface area contributed by atoms with Crippen molar-refractivity contribution < 1.29 is 4.79 Å². The molecule has 0 N–H and O–H groups in total. The topological polar surface area (TPSA) is 41.8 Å². The Bertz CT molecular complexity index is 249. The highest BCUT2D eigenvalue weighted by atomic mass is 127. The molecular weight excluding hydrogens is 275 g/mol. The maximum atomic E-state index is 11.1. The minimum absolute atomic E-state index is 0.0950. The number of hydrogen-bond acceptors (Lipinski definition) is 3. The minimum atomic E-state index is -0.163. The fourth-order valence-electron chi connectivity index (χ4n) is 0.653. The molecule has 11 heavy (non-hydrogen) atoms. The molecule has 0 bridgehead atoms. The number of thioether (sulfide) groups is 1. The number of carbonyl (C=O) groups excluding carboxylic acids is 1. The highest BCUT2D eigenvalue weighted by molar-refractivity contribution is 14.1. The van der Waals surface area contributed by atoms with Crippen LogP contribution in [0.1, 0.15) is 6.92 Å². The lowest BCUT2D eigenvalue weighted by molar-refractivity contribution is -0.116. The summed E-state index contributed by atoms with van der Waals surface area (Å²) in [5, 5.41) is 0.570. The molecule has 1 aliphatic heterocycles. The van der Waals surface area contributed by atoms with Gasteiger partial charge in [0, 0.05) is 5.71 Å². The number of alkyl halides is 1. The van der Waals surface area contributed by atoms with Gasteiger partial charge in [0.1, 0.15) is 3.92 Å². The number of carbonyl (C=O) groups is 1. The number of aliphatic imine (C=N–C) groups is 2. The lowest BCUT2D eigenvalue weighted by Gasteiger charge is -2.10. The first-order valence-electron chi connectivity index (χ1n) is 3.01. The fraction of sp³-hybridized carbons (Fsp3) is 0.500. The summed E-state index contributed by atoms with van der Waals surface area (Å²) < 4.78 is -0.163. The van der Waals surface area contributed by atoms with Gasteiger partial charge in [-0.05, 0) is 13.2 Å². The average molecular weight is 282 g/mol. The maximum Gasteiger partial charge on any atom is 0.266 e. The van der Waals surface area contributed by atoms with E-state index >= 15 is 0 Å². The van der Waals surface area contributed by atoms with Gasteiger partial charge in [-0.25, -0.2) is 4.99 Å². The largest absolute Gasteiger partial charge is 0.271 e. The van der Waals surface area contributed by atoms with Crippen LogP contribution in [0, 0.1) is 0 Å². The van der Waals surface area contributed by atoms with Crippen LogP contribution < -0.4 is 0 Å². The van der Waals surface area contributed by atoms with Crippen LogP contribution in [0.25, 0.3) is 0 Å². The van der Waals surface area contributed by atoms with Gasteiger partial charge in [0.2, 0.25) is 0 Å². The molecular formula is C6H7IN2OS. The van der Waals surface area contributed by atoms with Crippen LogP contribution in [0.15, 0.2) is 9.98 Å². The summed E-state index contributed by atoms with van der Waals surface area (Å²) in [5.41, 5.74) is 0.843. The fourth-order valence-corrected chi connectivity index (χ4v) is 1.35. The summed E-state index contributed by atoms with van der Waals surface area (Å²) in [5.74, 6) is -0.0950. The first-order chi connectivity index (χ1) is 5.15. The second-order valence-corrected chi connectivity index (χ2v) is 4.07. The molecule has 1 aliphatic rings. The van der Waals surface area contributed by atoms with E-state index in [4.69, 9.17) is 0 Å². The first kappa shape index (κ1) is 9.18. The number of amides is 1. The van der Waals surface area contributed by atoms with E-state index in [1.54, 1.807) is 0 Å². The first-order valence-corrected chi connectivity index (χ1v) is 5.48. The van der Waals surface area contributed by atoms with E-state index in [0.717, 1.165) is 5.71 Å². The average Bonchev–Trinajstić information content (AvgIpc) is 1.99. The smallest absolute Gasteiger partial charge is 0.266 e. The van der Waals surface area contributed by atoms with Crippen LogP contribution >= 0.6 is 34.4 Å². The van der Waals surface area contributed by atoms with Crippen LogP contribution in [0.3, 0.4) is 0 Å². The monoisotopic (exact) mass is 282 g/mol. The zero-order chi connectivity index (χ0) is 8.43. The van der Waals surface area contributed by atoms with Gasteiger partial charge in [-0.15, -0.1) is 0 Å². The van der Waals surface area contributed by atoms with Crippen molar-refractivity contribution in [3.63, 3.8) is 0 Å². The maximum absolute atomic E-state index is 11.1. The molecule has 0 saturated heterocycles. The molecule has 3 nitrogen and oxygen atoms in total. The second-order valence-electron chi connectivity index (χ2n) is 2.05. The number of rotatable bonds is 0. The van der Waals surface area contributed by atoms with Crippen LogP contribution in [0.5, 0.6) is 0 Å². The van der Waals surface area contributed by atoms with Gasteiger partial charge in [0.05, 0.1) is 0 Å². The van der Waals surface area contributed by atoms with Gasteiger partial charge in [0.25, 0.3) is 5.91 Å². The molecule has 1 heterocycles. The molecule has 0 spiro atoms. The Morgan fingerprint density at radius 2 is 2.18 bits per heavy atom. The van der Waals surface area contributed by atoms with E-state index < -0.39 is 0 Å². The Hall–Kier alpha value is 0.0900. The molecule has 0 aliphatic carbocycles. The molecule has 0 fully saturated rings. The molecule has 60 valence electrons. The van der Waals surface area contributed by atoms with E-state index in [1.807, 2.05) is 35.8 Å². The molecule has 1 atom stereocenters. The predicted molar refractivity (Wildman–Crippen MR) is 56.9 cm³/mol. The summed E-state index contributed by atoms with van der Waals surface area (Å²) in [6, 6.07) is 0. The van der Waals surface area contributed by atoms with Crippen molar-refractivity contribution >= 4 is 51.1 Å². The zero-order valence-corrected chi connectivity index (χ0v) is 9.14. The van der Waals surface area contributed by atoms with E-state index in [2.05, 4.69) is 9.98 Å². The highest BCUT2D eigenvalue weighted by Gasteiger charge is 2.22. The van der Waals surface area contributed by atoms with Crippen molar-refractivity contribution in [1.29, 1.82) is 0 Å². The minimum Gasteiger partial charge on any atom is -0.271 e. The van der Waals surface area contributed by atoms with Crippen molar-refractivity contribution in [2.45, 2.75) is 10.8 Å². The molecule has 0 radical (unpaired) electrons. The molecule has 1 amide bonds. The normalized spacial score (nSPS) is 24.6. The standard InChI is InChI=1S/C6H7IN2OS/c1-3-4(7)5(10)9-6(8-3)11-2/h4H,1-2H3. The predicted octanol–water partition coefficient (Wildman–Crippen LogP) is 1.51. The van der Waals surface area contributed by atoms with E-state index in [0.29, 0.717) is 5.17 Å². The Morgan fingerprint density at radius 3 is 2.64 bits per heavy atom. The van der Waals surface area contributed by atoms with Gasteiger partial charge in [0.15, 0.2) is 5.17 Å². The lowest BCUT2D eigenvalue weighted by atomic mass is 10.3. The number of halogens is 1. The molecule has 0 aromatic carbocycles. The molecule has 5 heteroatoms. The SMILES string of the molecule is CSC1=NC(=O)C(I)C(C)=N1. The number of hydrogen-bond donors (Lipinski definition) is 0. The van der Waals surface area contributed by atoms with Crippen LogP contribution in [-0.2, 0) is 4.79 Å². The Balaban J connectivity index is 2.91. The summed E-state index contributed by atoms with van der Waals surface area (Å²) in [6.45, 7) is 1.85. The summed E-state index contributed by atoms with van der Waals surface area (Å²) in [6.07, 6.45) is 1.86. The summed E-state index contributed by atoms with van der Waals surface area (Å²) in [4.78, 5) is 19.0. The van der Waals surface area contributed by atoms with E-state index in [1.165, 1.54) is 11.8 Å². The second kappa shape index (κ2) is 3.66. The Morgan fingerprint density at radius 1 is 1.55 bits per heavy atom. The lowest BCUT2D eigenvalue weighted by Crippen LogP contribution is -2.25. The van der Waals surface area contributed by atoms with Crippen molar-refractivity contribution in [1.82, 2.24) is 0 Å². The van der Waals surface area contributed by atoms with Gasteiger partial charge < -0.3 is 0 Å². The quantitative estimate of drug-likeness (QED) is 0.499. The van der Waals surface area contributed by atoms with Crippen molar-refractivity contribution in [3.8, 4) is 0 Å². The highest BCUT2D eigenvalue weighted by Crippen LogP contribution is 2.14. The number of nitrogens with zero attached hydrogens (tertiary/aromatic N) is 2. The van der Waals surface area contributed by atoms with Crippen molar-refractivity contribution in [2.75, 3.05) is 6.26 Å². The van der Waals surface area contributed by atoms with Gasteiger partial charge in [-0.3, -0.25) is 4.79 Å². The zero-order valence-electron chi connectivity index (χ0n) is 6.17. The molecule has 0 saturated carbocycles. The summed E-state index contributed by atoms with van der Waals surface area (Å²) in [7, 11) is 0. The third-order valence-corrected chi connectivity index (χ3v) is 3.23. The molecule has 1 unspecified atom stereocenters. The Kier molecular flexibility index (Phi) is 3.06. The third-order valence-electron chi connectivity index (χ3n) is 1.24. The van der Waals surface area contributed by atoms with Crippen molar-refractivity contribution in [3.05, 3.63) is 0 Å². The number of amidine groups is 1. The van der Waals surface area contributed by atoms with E-state index in [9.17, 15) is 4.79 Å². The Labute approximate surface area is 82.9 Å². The van der Waals surface area contributed by atoms with Crippen LogP contribution in [0.2, 0.25) is 0 Å². The van der Waals surface area contributed by atoms with Crippen LogP contribution in [0.4, 0.5) is 0 Å². The van der Waals surface area contributed by atoms with Crippen LogP contribution in [-0.4, -0.2) is 27.0 Å². The van der Waals surface area contributed by atoms with Gasteiger partial charge in [-0.1, -0.05) is 34.4 Å². The third kappa shape index (κ3) is 2.02. The molecule has 0 aromatic heterocycles. The molecule has 1 rings (SSSR count). The van der Waals surface area contributed by atoms with Gasteiger partial charge in [-0.2, -0.15) is 4.99 Å². The van der Waals surface area contributed by atoms with E-state index in [-0.39, 0.29) is 9.83 Å². The summed E-state index contributed by atoms with van der Waals surface area (Å²) >= 11 is 3.43.